The van der Waals surface area contributed by atoms with Crippen LogP contribution in [0.5, 0.6) is 0 Å². The van der Waals surface area contributed by atoms with Crippen molar-refractivity contribution in [1.29, 1.82) is 0 Å². The Hall–Kier alpha value is 0.400. The van der Waals surface area contributed by atoms with Crippen LogP contribution in [0.3, 0.4) is 0 Å². The second kappa shape index (κ2) is 5.32. The molecule has 1 aliphatic rings. The Labute approximate surface area is 89.1 Å². The van der Waals surface area contributed by atoms with Crippen LogP contribution in [-0.4, -0.2) is 29.7 Å². The molecule has 0 aromatic rings. The maximum atomic E-state index is 5.82. The Morgan fingerprint density at radius 2 is 2.15 bits per heavy atom. The lowest BCUT2D eigenvalue weighted by Crippen LogP contribution is -2.51. The zero-order chi connectivity index (χ0) is 9.84. The van der Waals surface area contributed by atoms with E-state index < -0.39 is 0 Å². The van der Waals surface area contributed by atoms with Crippen molar-refractivity contribution in [2.24, 2.45) is 0 Å². The van der Waals surface area contributed by atoms with Crippen molar-refractivity contribution in [2.45, 2.75) is 56.8 Å². The monoisotopic (exact) mass is 250 g/mol. The van der Waals surface area contributed by atoms with E-state index in [0.717, 1.165) is 19.4 Å². The zero-order valence-electron chi connectivity index (χ0n) is 8.63. The minimum atomic E-state index is 0.263. The van der Waals surface area contributed by atoms with Crippen LogP contribution in [0.25, 0.3) is 0 Å². The summed E-state index contributed by atoms with van der Waals surface area (Å²) in [6.07, 6.45) is 3.07. The van der Waals surface area contributed by atoms with Gasteiger partial charge in [0.25, 0.3) is 0 Å². The van der Waals surface area contributed by atoms with Crippen LogP contribution in [0.15, 0.2) is 0 Å². The van der Waals surface area contributed by atoms with Crippen LogP contribution < -0.4 is 0 Å². The van der Waals surface area contributed by atoms with Crippen molar-refractivity contribution in [3.05, 3.63) is 0 Å². The standard InChI is InChI=1S/C10H19BrO2/c1-4-7(3)13-9-6-8(11)10(9)12-5-2/h7-10H,4-6H2,1-3H3. The normalized spacial score (nSPS) is 35.5. The minimum absolute atomic E-state index is 0.263. The van der Waals surface area contributed by atoms with Gasteiger partial charge in [-0.15, -0.1) is 0 Å². The molecule has 3 heteroatoms. The summed E-state index contributed by atoms with van der Waals surface area (Å²) in [5.41, 5.74) is 0. The Kier molecular flexibility index (Phi) is 4.70. The highest BCUT2D eigenvalue weighted by Crippen LogP contribution is 2.34. The number of hydrogen-bond acceptors (Lipinski definition) is 2. The van der Waals surface area contributed by atoms with Crippen LogP contribution in [0, 0.1) is 0 Å². The molecule has 1 saturated carbocycles. The predicted molar refractivity (Wildman–Crippen MR) is 57.4 cm³/mol. The van der Waals surface area contributed by atoms with Gasteiger partial charge in [-0.1, -0.05) is 22.9 Å². The van der Waals surface area contributed by atoms with E-state index >= 15 is 0 Å². The molecule has 0 aliphatic heterocycles. The SMILES string of the molecule is CCOC1C(Br)CC1OC(C)CC. The highest BCUT2D eigenvalue weighted by molar-refractivity contribution is 9.09. The van der Waals surface area contributed by atoms with E-state index in [9.17, 15) is 0 Å². The van der Waals surface area contributed by atoms with Crippen LogP contribution in [-0.2, 0) is 9.47 Å². The number of ether oxygens (including phenoxy) is 2. The lowest BCUT2D eigenvalue weighted by atomic mass is 9.91. The average Bonchev–Trinajstić information content (AvgIpc) is 2.13. The highest BCUT2D eigenvalue weighted by Gasteiger charge is 2.41. The van der Waals surface area contributed by atoms with E-state index in [1.54, 1.807) is 0 Å². The third-order valence-electron chi connectivity index (χ3n) is 2.52. The fraction of sp³-hybridized carbons (Fsp3) is 1.00. The molecule has 0 saturated heterocycles. The van der Waals surface area contributed by atoms with Crippen LogP contribution in [0.4, 0.5) is 0 Å². The van der Waals surface area contributed by atoms with Gasteiger partial charge >= 0.3 is 0 Å². The third-order valence-corrected chi connectivity index (χ3v) is 3.42. The Morgan fingerprint density at radius 1 is 1.46 bits per heavy atom. The second-order valence-corrected chi connectivity index (χ2v) is 4.74. The minimum Gasteiger partial charge on any atom is -0.375 e. The van der Waals surface area contributed by atoms with Gasteiger partial charge in [0.05, 0.1) is 18.3 Å². The largest absolute Gasteiger partial charge is 0.375 e. The molecule has 0 N–H and O–H groups in total. The van der Waals surface area contributed by atoms with Gasteiger partial charge in [0.1, 0.15) is 0 Å². The average molecular weight is 251 g/mol. The Morgan fingerprint density at radius 3 is 2.62 bits per heavy atom. The van der Waals surface area contributed by atoms with Crippen molar-refractivity contribution in [3.63, 3.8) is 0 Å². The molecule has 78 valence electrons. The predicted octanol–water partition coefficient (Wildman–Crippen LogP) is 2.74. The molecule has 0 amide bonds. The molecule has 4 unspecified atom stereocenters. The third kappa shape index (κ3) is 2.93. The maximum absolute atomic E-state index is 5.82. The van der Waals surface area contributed by atoms with E-state index in [2.05, 4.69) is 29.8 Å². The molecule has 13 heavy (non-hydrogen) atoms. The van der Waals surface area contributed by atoms with Crippen molar-refractivity contribution in [2.75, 3.05) is 6.61 Å². The first-order chi connectivity index (χ1) is 6.19. The molecule has 1 fully saturated rings. The van der Waals surface area contributed by atoms with Gasteiger partial charge in [0.2, 0.25) is 0 Å². The summed E-state index contributed by atoms with van der Waals surface area (Å²) in [5, 5.41) is 0. The van der Waals surface area contributed by atoms with Gasteiger partial charge in [0.15, 0.2) is 0 Å². The maximum Gasteiger partial charge on any atom is 0.0962 e. The van der Waals surface area contributed by atoms with Gasteiger partial charge in [0, 0.05) is 11.4 Å². The zero-order valence-corrected chi connectivity index (χ0v) is 10.2. The summed E-state index contributed by atoms with van der Waals surface area (Å²) in [4.78, 5) is 0.488. The smallest absolute Gasteiger partial charge is 0.0962 e. The van der Waals surface area contributed by atoms with E-state index in [1.807, 2.05) is 6.92 Å². The lowest BCUT2D eigenvalue weighted by Gasteiger charge is -2.41. The van der Waals surface area contributed by atoms with E-state index in [1.165, 1.54) is 0 Å². The van der Waals surface area contributed by atoms with Crippen molar-refractivity contribution in [3.8, 4) is 0 Å². The summed E-state index contributed by atoms with van der Waals surface area (Å²) >= 11 is 3.57. The van der Waals surface area contributed by atoms with E-state index in [0.29, 0.717) is 17.0 Å². The molecule has 0 radical (unpaired) electrons. The molecule has 0 spiro atoms. The molecular weight excluding hydrogens is 232 g/mol. The van der Waals surface area contributed by atoms with E-state index in [4.69, 9.17) is 9.47 Å². The van der Waals surface area contributed by atoms with Crippen molar-refractivity contribution >= 4 is 15.9 Å². The van der Waals surface area contributed by atoms with Gasteiger partial charge in [-0.25, -0.2) is 0 Å². The number of rotatable bonds is 5. The summed E-state index contributed by atoms with van der Waals surface area (Å²) in [6.45, 7) is 7.06. The van der Waals surface area contributed by atoms with Gasteiger partial charge in [-0.05, 0) is 26.7 Å². The molecule has 0 bridgehead atoms. The second-order valence-electron chi connectivity index (χ2n) is 3.57. The number of hydrogen-bond donors (Lipinski definition) is 0. The molecule has 2 nitrogen and oxygen atoms in total. The molecule has 0 heterocycles. The first-order valence-corrected chi connectivity index (χ1v) is 6.01. The van der Waals surface area contributed by atoms with E-state index in [-0.39, 0.29) is 6.10 Å². The summed E-state index contributed by atoms with van der Waals surface area (Å²) < 4.78 is 11.4. The first kappa shape index (κ1) is 11.5. The van der Waals surface area contributed by atoms with Gasteiger partial charge < -0.3 is 9.47 Å². The summed E-state index contributed by atoms with van der Waals surface area (Å²) in [6, 6.07) is 0. The van der Waals surface area contributed by atoms with Gasteiger partial charge in [-0.2, -0.15) is 0 Å². The summed E-state index contributed by atoms with van der Waals surface area (Å²) in [7, 11) is 0. The van der Waals surface area contributed by atoms with Crippen molar-refractivity contribution < 1.29 is 9.47 Å². The fourth-order valence-electron chi connectivity index (χ4n) is 1.46. The number of alkyl halides is 1. The van der Waals surface area contributed by atoms with Crippen LogP contribution in [0.2, 0.25) is 0 Å². The lowest BCUT2D eigenvalue weighted by molar-refractivity contribution is -0.140. The quantitative estimate of drug-likeness (QED) is 0.699. The summed E-state index contributed by atoms with van der Waals surface area (Å²) in [5.74, 6) is 0. The van der Waals surface area contributed by atoms with Crippen LogP contribution in [0.1, 0.15) is 33.6 Å². The van der Waals surface area contributed by atoms with Gasteiger partial charge in [-0.3, -0.25) is 0 Å². The fourth-order valence-corrected chi connectivity index (χ4v) is 2.32. The topological polar surface area (TPSA) is 18.5 Å². The molecule has 1 aliphatic carbocycles. The molecule has 4 atom stereocenters. The molecule has 0 aromatic heterocycles. The number of halogens is 1. The highest BCUT2D eigenvalue weighted by atomic mass is 79.9. The van der Waals surface area contributed by atoms with Crippen LogP contribution >= 0.6 is 15.9 Å². The molecular formula is C10H19BrO2. The van der Waals surface area contributed by atoms with Crippen molar-refractivity contribution in [1.82, 2.24) is 0 Å². The Balaban J connectivity index is 2.27. The Bertz CT molecular complexity index is 152. The molecule has 1 rings (SSSR count). The molecule has 0 aromatic carbocycles. The first-order valence-electron chi connectivity index (χ1n) is 5.10.